The van der Waals surface area contributed by atoms with Gasteiger partial charge in [-0.25, -0.2) is 0 Å². The van der Waals surface area contributed by atoms with Gasteiger partial charge in [0.25, 0.3) is 0 Å². The molecule has 2 aromatic carbocycles. The van der Waals surface area contributed by atoms with Crippen molar-refractivity contribution in [2.24, 2.45) is 11.7 Å². The predicted octanol–water partition coefficient (Wildman–Crippen LogP) is 4.23. The Morgan fingerprint density at radius 2 is 1.73 bits per heavy atom. The van der Waals surface area contributed by atoms with Crippen molar-refractivity contribution in [2.75, 3.05) is 7.05 Å². The maximum atomic E-state index is 6.80. The normalized spacial score (nSPS) is 30.8. The molecule has 2 atom stereocenters. The van der Waals surface area contributed by atoms with E-state index in [-0.39, 0.29) is 5.54 Å². The molecule has 2 aliphatic carbocycles. The highest BCUT2D eigenvalue weighted by atomic mass is 16.5. The van der Waals surface area contributed by atoms with Crippen molar-refractivity contribution >= 4 is 0 Å². The SMILES string of the molecule is CNC1CCC(N)([C@@H]2C[C@H]2c2ccc(OCc3ccccc3)cc2)CC1. The highest BCUT2D eigenvalue weighted by Crippen LogP contribution is 2.56. The number of nitrogens with one attached hydrogen (secondary N) is 1. The molecule has 2 aliphatic rings. The molecule has 26 heavy (non-hydrogen) atoms. The van der Waals surface area contributed by atoms with E-state index in [1.165, 1.54) is 30.4 Å². The second-order valence-electron chi connectivity index (χ2n) is 8.09. The molecule has 0 heterocycles. The summed E-state index contributed by atoms with van der Waals surface area (Å²) in [5.74, 6) is 2.22. The largest absolute Gasteiger partial charge is 0.489 e. The van der Waals surface area contributed by atoms with Crippen molar-refractivity contribution in [3.05, 3.63) is 65.7 Å². The number of hydrogen-bond donors (Lipinski definition) is 2. The number of rotatable bonds is 6. The summed E-state index contributed by atoms with van der Waals surface area (Å²) in [4.78, 5) is 0. The van der Waals surface area contributed by atoms with Crippen LogP contribution in [0.2, 0.25) is 0 Å². The Morgan fingerprint density at radius 3 is 2.38 bits per heavy atom. The van der Waals surface area contributed by atoms with Crippen LogP contribution in [0, 0.1) is 5.92 Å². The van der Waals surface area contributed by atoms with Crippen LogP contribution < -0.4 is 15.8 Å². The Kier molecular flexibility index (Phi) is 5.01. The second-order valence-corrected chi connectivity index (χ2v) is 8.09. The number of nitrogens with two attached hydrogens (primary N) is 1. The highest BCUT2D eigenvalue weighted by molar-refractivity contribution is 5.34. The van der Waals surface area contributed by atoms with Crippen molar-refractivity contribution < 1.29 is 4.74 Å². The molecule has 4 rings (SSSR count). The molecule has 3 N–H and O–H groups in total. The lowest BCUT2D eigenvalue weighted by molar-refractivity contribution is 0.225. The van der Waals surface area contributed by atoms with Crippen LogP contribution in [0.1, 0.15) is 49.1 Å². The molecule has 2 fully saturated rings. The zero-order chi connectivity index (χ0) is 18.0. The summed E-state index contributed by atoms with van der Waals surface area (Å²) in [5, 5.41) is 3.40. The molecule has 0 aromatic heterocycles. The topological polar surface area (TPSA) is 47.3 Å². The minimum Gasteiger partial charge on any atom is -0.489 e. The van der Waals surface area contributed by atoms with Gasteiger partial charge < -0.3 is 15.8 Å². The Balaban J connectivity index is 1.32. The summed E-state index contributed by atoms with van der Waals surface area (Å²) in [7, 11) is 2.07. The summed E-state index contributed by atoms with van der Waals surface area (Å²) in [6.07, 6.45) is 5.96. The van der Waals surface area contributed by atoms with Gasteiger partial charge in [0.15, 0.2) is 0 Å². The minimum absolute atomic E-state index is 0.0422. The lowest BCUT2D eigenvalue weighted by atomic mass is 9.76. The van der Waals surface area contributed by atoms with E-state index in [2.05, 4.69) is 48.8 Å². The van der Waals surface area contributed by atoms with Crippen LogP contribution in [0.15, 0.2) is 54.6 Å². The number of benzene rings is 2. The maximum absolute atomic E-state index is 6.80. The van der Waals surface area contributed by atoms with Crippen LogP contribution in [0.3, 0.4) is 0 Å². The van der Waals surface area contributed by atoms with Crippen LogP contribution in [-0.4, -0.2) is 18.6 Å². The molecular weight excluding hydrogens is 320 g/mol. The summed E-state index contributed by atoms with van der Waals surface area (Å²) in [5.41, 5.74) is 9.46. The van der Waals surface area contributed by atoms with E-state index in [0.29, 0.717) is 24.5 Å². The molecule has 0 saturated heterocycles. The van der Waals surface area contributed by atoms with E-state index in [1.807, 2.05) is 18.2 Å². The molecule has 2 saturated carbocycles. The summed E-state index contributed by atoms with van der Waals surface area (Å²) in [6.45, 7) is 0.616. The highest BCUT2D eigenvalue weighted by Gasteiger charge is 2.51. The smallest absolute Gasteiger partial charge is 0.119 e. The van der Waals surface area contributed by atoms with Crippen molar-refractivity contribution in [1.82, 2.24) is 5.32 Å². The van der Waals surface area contributed by atoms with E-state index in [1.54, 1.807) is 0 Å². The zero-order valence-corrected chi connectivity index (χ0v) is 15.7. The van der Waals surface area contributed by atoms with Crippen LogP contribution >= 0.6 is 0 Å². The first kappa shape index (κ1) is 17.6. The molecular formula is C23H30N2O. The fraction of sp³-hybridized carbons (Fsp3) is 0.478. The summed E-state index contributed by atoms with van der Waals surface area (Å²) >= 11 is 0. The summed E-state index contributed by atoms with van der Waals surface area (Å²) < 4.78 is 5.90. The quantitative estimate of drug-likeness (QED) is 0.820. The first-order valence-electron chi connectivity index (χ1n) is 9.91. The molecule has 0 amide bonds. The Bertz CT molecular complexity index is 705. The van der Waals surface area contributed by atoms with Crippen LogP contribution in [-0.2, 0) is 6.61 Å². The third-order valence-electron chi connectivity index (χ3n) is 6.41. The van der Waals surface area contributed by atoms with Gasteiger partial charge in [-0.2, -0.15) is 0 Å². The molecule has 0 unspecified atom stereocenters. The van der Waals surface area contributed by atoms with Crippen LogP contribution in [0.4, 0.5) is 0 Å². The summed E-state index contributed by atoms with van der Waals surface area (Å²) in [6, 6.07) is 19.6. The standard InChI is InChI=1S/C23H30N2O/c1-25-19-11-13-23(24,14-12-19)22-15-21(22)18-7-9-20(10-8-18)26-16-17-5-3-2-4-6-17/h2-10,19,21-22,25H,11-16,24H2,1H3/t19?,21-,22+,23?/m0/s1. The first-order chi connectivity index (χ1) is 12.7. The maximum Gasteiger partial charge on any atom is 0.119 e. The van der Waals surface area contributed by atoms with E-state index >= 15 is 0 Å². The van der Waals surface area contributed by atoms with E-state index in [0.717, 1.165) is 18.6 Å². The van der Waals surface area contributed by atoms with Crippen molar-refractivity contribution in [3.8, 4) is 5.75 Å². The van der Waals surface area contributed by atoms with Gasteiger partial charge in [0.2, 0.25) is 0 Å². The van der Waals surface area contributed by atoms with Gasteiger partial charge in [-0.3, -0.25) is 0 Å². The van der Waals surface area contributed by atoms with Gasteiger partial charge in [0.1, 0.15) is 12.4 Å². The third-order valence-corrected chi connectivity index (χ3v) is 6.41. The van der Waals surface area contributed by atoms with Gasteiger partial charge in [-0.15, -0.1) is 0 Å². The van der Waals surface area contributed by atoms with Gasteiger partial charge >= 0.3 is 0 Å². The van der Waals surface area contributed by atoms with Crippen LogP contribution in [0.25, 0.3) is 0 Å². The van der Waals surface area contributed by atoms with Gasteiger partial charge in [0.05, 0.1) is 0 Å². The second kappa shape index (κ2) is 7.42. The third kappa shape index (κ3) is 3.79. The molecule has 2 aromatic rings. The fourth-order valence-corrected chi connectivity index (χ4v) is 4.57. The average molecular weight is 351 g/mol. The Labute approximate surface area is 156 Å². The molecule has 0 radical (unpaired) electrons. The van der Waals surface area contributed by atoms with Gasteiger partial charge in [0, 0.05) is 11.6 Å². The number of ether oxygens (including phenoxy) is 1. The first-order valence-corrected chi connectivity index (χ1v) is 9.91. The number of hydrogen-bond acceptors (Lipinski definition) is 3. The van der Waals surface area contributed by atoms with Crippen LogP contribution in [0.5, 0.6) is 5.75 Å². The van der Waals surface area contributed by atoms with Crippen molar-refractivity contribution in [3.63, 3.8) is 0 Å². The molecule has 3 heteroatoms. The monoisotopic (exact) mass is 350 g/mol. The van der Waals surface area contributed by atoms with Gasteiger partial charge in [-0.1, -0.05) is 42.5 Å². The minimum atomic E-state index is 0.0422. The zero-order valence-electron chi connectivity index (χ0n) is 15.7. The van der Waals surface area contributed by atoms with E-state index < -0.39 is 0 Å². The molecule has 3 nitrogen and oxygen atoms in total. The Hall–Kier alpha value is -1.84. The Morgan fingerprint density at radius 1 is 1.04 bits per heavy atom. The fourth-order valence-electron chi connectivity index (χ4n) is 4.57. The molecule has 0 aliphatic heterocycles. The lowest BCUT2D eigenvalue weighted by Crippen LogP contribution is -2.48. The molecule has 138 valence electrons. The predicted molar refractivity (Wildman–Crippen MR) is 106 cm³/mol. The van der Waals surface area contributed by atoms with Crippen molar-refractivity contribution in [1.29, 1.82) is 0 Å². The molecule has 0 spiro atoms. The lowest BCUT2D eigenvalue weighted by Gasteiger charge is -2.38. The average Bonchev–Trinajstić information content (AvgIpc) is 3.50. The van der Waals surface area contributed by atoms with E-state index in [4.69, 9.17) is 10.5 Å². The van der Waals surface area contributed by atoms with Gasteiger partial charge in [-0.05, 0) is 74.2 Å². The van der Waals surface area contributed by atoms with Crippen molar-refractivity contribution in [2.45, 2.75) is 56.2 Å². The van der Waals surface area contributed by atoms with E-state index in [9.17, 15) is 0 Å². The molecule has 0 bridgehead atoms.